The molecular formula is C24H26N2O6. The number of carboxylic acid groups (broad SMARTS) is 1. The first-order chi connectivity index (χ1) is 15.4. The molecule has 0 bridgehead atoms. The fraction of sp³-hybridized carbons (Fsp3) is 0.375. The molecule has 2 aromatic carbocycles. The summed E-state index contributed by atoms with van der Waals surface area (Å²) in [6.07, 6.45) is 1.20. The lowest BCUT2D eigenvalue weighted by Crippen LogP contribution is -2.36. The van der Waals surface area contributed by atoms with Crippen LogP contribution in [0.3, 0.4) is 0 Å². The van der Waals surface area contributed by atoms with Crippen LogP contribution in [-0.2, 0) is 19.2 Å². The Kier molecular flexibility index (Phi) is 6.41. The molecule has 0 spiro atoms. The average molecular weight is 438 g/mol. The zero-order chi connectivity index (χ0) is 22.7. The summed E-state index contributed by atoms with van der Waals surface area (Å²) in [6.45, 7) is -0.336. The number of carboxylic acids is 1. The molecule has 2 aliphatic rings. The predicted molar refractivity (Wildman–Crippen MR) is 116 cm³/mol. The highest BCUT2D eigenvalue weighted by Gasteiger charge is 2.34. The van der Waals surface area contributed by atoms with Gasteiger partial charge in [-0.2, -0.15) is 0 Å². The van der Waals surface area contributed by atoms with Crippen LogP contribution in [0.25, 0.3) is 11.1 Å². The van der Waals surface area contributed by atoms with Gasteiger partial charge in [0.05, 0.1) is 0 Å². The molecule has 0 aromatic heterocycles. The molecule has 1 saturated carbocycles. The number of hydrogen-bond donors (Lipinski definition) is 2. The second kappa shape index (κ2) is 9.40. The number of rotatable bonds is 7. The number of benzene rings is 2. The maximum absolute atomic E-state index is 12.4. The third-order valence-corrected chi connectivity index (χ3v) is 6.14. The number of alkyl carbamates (subject to hydrolysis) is 1. The van der Waals surface area contributed by atoms with Gasteiger partial charge in [-0.3, -0.25) is 9.63 Å². The fourth-order valence-corrected chi connectivity index (χ4v) is 4.62. The van der Waals surface area contributed by atoms with Gasteiger partial charge in [-0.05, 0) is 41.5 Å². The Balaban J connectivity index is 1.29. The van der Waals surface area contributed by atoms with Gasteiger partial charge in [0.15, 0.2) is 6.61 Å². The molecule has 8 nitrogen and oxygen atoms in total. The molecule has 8 heteroatoms. The lowest BCUT2D eigenvalue weighted by atomic mass is 9.98. The molecule has 2 N–H and O–H groups in total. The van der Waals surface area contributed by atoms with Crippen molar-refractivity contribution >= 4 is 18.0 Å². The minimum Gasteiger partial charge on any atom is -0.479 e. The first-order valence-corrected chi connectivity index (χ1v) is 10.7. The summed E-state index contributed by atoms with van der Waals surface area (Å²) in [5.41, 5.74) is 4.64. The summed E-state index contributed by atoms with van der Waals surface area (Å²) in [5, 5.41) is 12.5. The topological polar surface area (TPSA) is 105 Å². The lowest BCUT2D eigenvalue weighted by Gasteiger charge is -2.20. The molecular weight excluding hydrogens is 412 g/mol. The monoisotopic (exact) mass is 438 g/mol. The first kappa shape index (κ1) is 21.8. The highest BCUT2D eigenvalue weighted by molar-refractivity contribution is 5.80. The van der Waals surface area contributed by atoms with E-state index in [0.717, 1.165) is 16.2 Å². The van der Waals surface area contributed by atoms with Crippen molar-refractivity contribution in [3.63, 3.8) is 0 Å². The van der Waals surface area contributed by atoms with E-state index in [2.05, 4.69) is 29.6 Å². The van der Waals surface area contributed by atoms with Gasteiger partial charge >= 0.3 is 12.1 Å². The number of nitrogens with one attached hydrogen (secondary N) is 1. The van der Waals surface area contributed by atoms with E-state index in [9.17, 15) is 14.4 Å². The lowest BCUT2D eigenvalue weighted by molar-refractivity contribution is -0.189. The SMILES string of the molecule is CN(OCC(=O)O)C(=O)[C@H]1CC[C@@H](NC(=O)OCC2c3ccccc3-c3ccccc32)C1. The quantitative estimate of drug-likeness (QED) is 0.644. The van der Waals surface area contributed by atoms with E-state index < -0.39 is 18.7 Å². The van der Waals surface area contributed by atoms with Crippen molar-refractivity contribution in [2.75, 3.05) is 20.3 Å². The van der Waals surface area contributed by atoms with Crippen LogP contribution >= 0.6 is 0 Å². The second-order valence-corrected chi connectivity index (χ2v) is 8.18. The van der Waals surface area contributed by atoms with Gasteiger partial charge in [0.2, 0.25) is 5.91 Å². The highest BCUT2D eigenvalue weighted by atomic mass is 16.7. The van der Waals surface area contributed by atoms with E-state index in [1.165, 1.54) is 18.2 Å². The van der Waals surface area contributed by atoms with Crippen LogP contribution in [0.4, 0.5) is 4.79 Å². The largest absolute Gasteiger partial charge is 0.479 e. The van der Waals surface area contributed by atoms with E-state index in [-0.39, 0.29) is 30.4 Å². The van der Waals surface area contributed by atoms with Crippen molar-refractivity contribution < 1.29 is 29.1 Å². The molecule has 32 heavy (non-hydrogen) atoms. The molecule has 2 amide bonds. The van der Waals surface area contributed by atoms with E-state index >= 15 is 0 Å². The van der Waals surface area contributed by atoms with Crippen LogP contribution in [-0.4, -0.2) is 54.4 Å². The summed E-state index contributed by atoms with van der Waals surface area (Å²) < 4.78 is 5.57. The summed E-state index contributed by atoms with van der Waals surface area (Å²) in [4.78, 5) is 40.3. The highest BCUT2D eigenvalue weighted by Crippen LogP contribution is 2.44. The predicted octanol–water partition coefficient (Wildman–Crippen LogP) is 3.17. The Morgan fingerprint density at radius 1 is 1.03 bits per heavy atom. The molecule has 2 aliphatic carbocycles. The Hall–Kier alpha value is -3.39. The molecule has 0 aliphatic heterocycles. The third-order valence-electron chi connectivity index (χ3n) is 6.14. The van der Waals surface area contributed by atoms with Gasteiger partial charge in [0, 0.05) is 24.9 Å². The van der Waals surface area contributed by atoms with E-state index in [0.29, 0.717) is 19.3 Å². The summed E-state index contributed by atoms with van der Waals surface area (Å²) in [7, 11) is 1.40. The van der Waals surface area contributed by atoms with Gasteiger partial charge in [0.25, 0.3) is 0 Å². The number of aliphatic carboxylic acids is 1. The smallest absolute Gasteiger partial charge is 0.407 e. The number of carbonyl (C=O) groups excluding carboxylic acids is 2. The van der Waals surface area contributed by atoms with E-state index in [1.807, 2.05) is 24.3 Å². The number of hydroxylamine groups is 2. The second-order valence-electron chi connectivity index (χ2n) is 8.18. The van der Waals surface area contributed by atoms with Crippen LogP contribution in [0.1, 0.15) is 36.3 Å². The van der Waals surface area contributed by atoms with Crippen LogP contribution in [0, 0.1) is 5.92 Å². The average Bonchev–Trinajstić information content (AvgIpc) is 3.38. The molecule has 0 saturated heterocycles. The van der Waals surface area contributed by atoms with Gasteiger partial charge in [-0.25, -0.2) is 14.7 Å². The Morgan fingerprint density at radius 2 is 1.66 bits per heavy atom. The first-order valence-electron chi connectivity index (χ1n) is 10.7. The molecule has 2 atom stereocenters. The Morgan fingerprint density at radius 3 is 2.28 bits per heavy atom. The van der Waals surface area contributed by atoms with Gasteiger partial charge in [0.1, 0.15) is 6.61 Å². The maximum Gasteiger partial charge on any atom is 0.407 e. The normalized spacial score (nSPS) is 19.2. The minimum atomic E-state index is -1.15. The summed E-state index contributed by atoms with van der Waals surface area (Å²) >= 11 is 0. The fourth-order valence-electron chi connectivity index (χ4n) is 4.62. The van der Waals surface area contributed by atoms with E-state index in [4.69, 9.17) is 14.7 Å². The maximum atomic E-state index is 12.4. The standard InChI is InChI=1S/C24H26N2O6/c1-26(32-14-22(27)28)23(29)15-10-11-16(12-15)25-24(30)31-13-21-19-8-4-2-6-17(19)18-7-3-5-9-20(18)21/h2-9,15-16,21H,10-14H2,1H3,(H,25,30)(H,27,28)/t15-,16+/m0/s1. The van der Waals surface area contributed by atoms with Crippen LogP contribution in [0.15, 0.2) is 48.5 Å². The summed E-state index contributed by atoms with van der Waals surface area (Å²) in [5.74, 6) is -1.77. The van der Waals surface area contributed by atoms with Crippen molar-refractivity contribution in [1.82, 2.24) is 10.4 Å². The number of fused-ring (bicyclic) bond motifs is 3. The Bertz CT molecular complexity index is 978. The van der Waals surface area contributed by atoms with Crippen LogP contribution in [0.5, 0.6) is 0 Å². The zero-order valence-electron chi connectivity index (χ0n) is 17.8. The van der Waals surface area contributed by atoms with Crippen molar-refractivity contribution in [1.29, 1.82) is 0 Å². The van der Waals surface area contributed by atoms with Gasteiger partial charge in [-0.1, -0.05) is 48.5 Å². The van der Waals surface area contributed by atoms with Gasteiger partial charge in [-0.15, -0.1) is 0 Å². The third kappa shape index (κ3) is 4.60. The minimum absolute atomic E-state index is 0.00825. The number of carbonyl (C=O) groups is 3. The molecule has 0 radical (unpaired) electrons. The Labute approximate surface area is 186 Å². The van der Waals surface area contributed by atoms with Crippen molar-refractivity contribution in [2.24, 2.45) is 5.92 Å². The van der Waals surface area contributed by atoms with Crippen LogP contribution in [0.2, 0.25) is 0 Å². The summed E-state index contributed by atoms with van der Waals surface area (Å²) in [6, 6.07) is 16.1. The number of nitrogens with zero attached hydrogens (tertiary/aromatic N) is 1. The van der Waals surface area contributed by atoms with Crippen LogP contribution < -0.4 is 5.32 Å². The number of amides is 2. The zero-order valence-corrected chi connectivity index (χ0v) is 17.8. The van der Waals surface area contributed by atoms with Gasteiger partial charge < -0.3 is 15.2 Å². The number of hydrogen-bond acceptors (Lipinski definition) is 5. The van der Waals surface area contributed by atoms with E-state index in [1.54, 1.807) is 0 Å². The molecule has 0 heterocycles. The van der Waals surface area contributed by atoms with Crippen molar-refractivity contribution in [2.45, 2.75) is 31.2 Å². The molecule has 1 fully saturated rings. The van der Waals surface area contributed by atoms with Crippen molar-refractivity contribution in [3.8, 4) is 11.1 Å². The molecule has 2 aromatic rings. The number of ether oxygens (including phenoxy) is 1. The molecule has 0 unspecified atom stereocenters. The molecule has 168 valence electrons. The van der Waals surface area contributed by atoms with Crippen molar-refractivity contribution in [3.05, 3.63) is 59.7 Å². The molecule has 4 rings (SSSR count).